The average Bonchev–Trinajstić information content (AvgIpc) is 3.11. The summed E-state index contributed by atoms with van der Waals surface area (Å²) in [5.41, 5.74) is 0.0747. The van der Waals surface area contributed by atoms with Crippen molar-refractivity contribution in [3.05, 3.63) is 0 Å². The second-order valence-corrected chi connectivity index (χ2v) is 4.75. The Labute approximate surface area is 95.8 Å². The first-order chi connectivity index (χ1) is 7.76. The molecule has 1 saturated heterocycles. The molecule has 0 spiro atoms. The normalized spacial score (nSPS) is 23.2. The van der Waals surface area contributed by atoms with Gasteiger partial charge in [0.1, 0.15) is 0 Å². The Bertz CT molecular complexity index is 248. The van der Waals surface area contributed by atoms with Crippen LogP contribution in [0.2, 0.25) is 0 Å². The first kappa shape index (κ1) is 11.8. The van der Waals surface area contributed by atoms with Gasteiger partial charge in [0.05, 0.1) is 19.8 Å². The zero-order valence-electron chi connectivity index (χ0n) is 9.57. The lowest BCUT2D eigenvalue weighted by molar-refractivity contribution is -0.134. The fourth-order valence-electron chi connectivity index (χ4n) is 1.93. The standard InChI is InChI=1S/C11H20N2O3/c14-9-11(1-2-11)8-12-7-10(15)13-3-5-16-6-4-13/h12,14H,1-9H2. The minimum absolute atomic E-state index is 0.0747. The highest BCUT2D eigenvalue weighted by atomic mass is 16.5. The lowest BCUT2D eigenvalue weighted by Crippen LogP contribution is -2.45. The Morgan fingerprint density at radius 1 is 1.38 bits per heavy atom. The first-order valence-electron chi connectivity index (χ1n) is 5.93. The van der Waals surface area contributed by atoms with Crippen LogP contribution in [0.1, 0.15) is 12.8 Å². The van der Waals surface area contributed by atoms with Crippen LogP contribution in [0.15, 0.2) is 0 Å². The fraction of sp³-hybridized carbons (Fsp3) is 0.909. The van der Waals surface area contributed by atoms with Crippen LogP contribution in [-0.4, -0.2) is 61.9 Å². The van der Waals surface area contributed by atoms with Gasteiger partial charge in [-0.1, -0.05) is 0 Å². The summed E-state index contributed by atoms with van der Waals surface area (Å²) in [5.74, 6) is 0.136. The number of aliphatic hydroxyl groups is 1. The molecule has 0 radical (unpaired) electrons. The molecule has 0 unspecified atom stereocenters. The number of carbonyl (C=O) groups excluding carboxylic acids is 1. The van der Waals surface area contributed by atoms with Crippen molar-refractivity contribution in [2.24, 2.45) is 5.41 Å². The molecule has 2 aliphatic rings. The van der Waals surface area contributed by atoms with Gasteiger partial charge >= 0.3 is 0 Å². The van der Waals surface area contributed by atoms with E-state index in [0.717, 1.165) is 19.4 Å². The molecular formula is C11H20N2O3. The number of morpholine rings is 1. The number of rotatable bonds is 5. The lowest BCUT2D eigenvalue weighted by atomic mass is 10.1. The summed E-state index contributed by atoms with van der Waals surface area (Å²) in [7, 11) is 0. The molecule has 1 aliphatic carbocycles. The van der Waals surface area contributed by atoms with Gasteiger partial charge in [0.25, 0.3) is 0 Å². The molecule has 0 atom stereocenters. The monoisotopic (exact) mass is 228 g/mol. The van der Waals surface area contributed by atoms with Crippen LogP contribution in [-0.2, 0) is 9.53 Å². The molecule has 2 N–H and O–H groups in total. The fourth-order valence-corrected chi connectivity index (χ4v) is 1.93. The molecule has 92 valence electrons. The number of ether oxygens (including phenoxy) is 1. The third-order valence-corrected chi connectivity index (χ3v) is 3.43. The van der Waals surface area contributed by atoms with Crippen LogP contribution in [0.4, 0.5) is 0 Å². The molecule has 5 nitrogen and oxygen atoms in total. The Morgan fingerprint density at radius 2 is 2.06 bits per heavy atom. The summed E-state index contributed by atoms with van der Waals surface area (Å²) >= 11 is 0. The maximum absolute atomic E-state index is 11.7. The number of aliphatic hydroxyl groups excluding tert-OH is 1. The molecule has 2 rings (SSSR count). The van der Waals surface area contributed by atoms with E-state index in [1.165, 1.54) is 0 Å². The summed E-state index contributed by atoms with van der Waals surface area (Å²) in [5, 5.41) is 12.3. The van der Waals surface area contributed by atoms with Crippen LogP contribution < -0.4 is 5.32 Å². The topological polar surface area (TPSA) is 61.8 Å². The Balaban J connectivity index is 1.63. The third-order valence-electron chi connectivity index (χ3n) is 3.43. The highest BCUT2D eigenvalue weighted by molar-refractivity contribution is 5.78. The number of hydrogen-bond donors (Lipinski definition) is 2. The third kappa shape index (κ3) is 2.93. The summed E-state index contributed by atoms with van der Waals surface area (Å²) in [6.45, 7) is 4.04. The zero-order valence-corrected chi connectivity index (χ0v) is 9.57. The molecular weight excluding hydrogens is 208 g/mol. The van der Waals surface area contributed by atoms with E-state index in [1.807, 2.05) is 4.90 Å². The van der Waals surface area contributed by atoms with Crippen molar-refractivity contribution in [3.8, 4) is 0 Å². The van der Waals surface area contributed by atoms with E-state index in [9.17, 15) is 4.79 Å². The minimum atomic E-state index is 0.0747. The summed E-state index contributed by atoms with van der Waals surface area (Å²) in [4.78, 5) is 13.6. The summed E-state index contributed by atoms with van der Waals surface area (Å²) < 4.78 is 5.19. The molecule has 0 aromatic heterocycles. The van der Waals surface area contributed by atoms with Gasteiger partial charge in [-0.05, 0) is 12.8 Å². The minimum Gasteiger partial charge on any atom is -0.396 e. The van der Waals surface area contributed by atoms with Gasteiger partial charge in [0.2, 0.25) is 5.91 Å². The van der Waals surface area contributed by atoms with Crippen molar-refractivity contribution in [1.29, 1.82) is 0 Å². The lowest BCUT2D eigenvalue weighted by Gasteiger charge is -2.27. The Kier molecular flexibility index (Phi) is 3.78. The predicted molar refractivity (Wildman–Crippen MR) is 59.0 cm³/mol. The van der Waals surface area contributed by atoms with Gasteiger partial charge < -0.3 is 20.1 Å². The largest absolute Gasteiger partial charge is 0.396 e. The Morgan fingerprint density at radius 3 is 2.62 bits per heavy atom. The maximum Gasteiger partial charge on any atom is 0.236 e. The van der Waals surface area contributed by atoms with Crippen LogP contribution in [0.25, 0.3) is 0 Å². The van der Waals surface area contributed by atoms with E-state index >= 15 is 0 Å². The maximum atomic E-state index is 11.7. The first-order valence-corrected chi connectivity index (χ1v) is 5.93. The smallest absolute Gasteiger partial charge is 0.236 e. The van der Waals surface area contributed by atoms with Gasteiger partial charge in [-0.25, -0.2) is 0 Å². The van der Waals surface area contributed by atoms with Crippen LogP contribution in [0.3, 0.4) is 0 Å². The van der Waals surface area contributed by atoms with Gasteiger partial charge in [-0.15, -0.1) is 0 Å². The second-order valence-electron chi connectivity index (χ2n) is 4.75. The van der Waals surface area contributed by atoms with E-state index in [-0.39, 0.29) is 17.9 Å². The molecule has 0 aromatic rings. The molecule has 5 heteroatoms. The molecule has 2 fully saturated rings. The molecule has 0 bridgehead atoms. The van der Waals surface area contributed by atoms with Crippen molar-refractivity contribution >= 4 is 5.91 Å². The molecule has 1 saturated carbocycles. The van der Waals surface area contributed by atoms with Gasteiger partial charge in [-0.3, -0.25) is 4.79 Å². The van der Waals surface area contributed by atoms with E-state index in [2.05, 4.69) is 5.32 Å². The van der Waals surface area contributed by atoms with E-state index in [4.69, 9.17) is 9.84 Å². The number of hydrogen-bond acceptors (Lipinski definition) is 4. The zero-order chi connectivity index (χ0) is 11.4. The van der Waals surface area contributed by atoms with Crippen LogP contribution >= 0.6 is 0 Å². The Hall–Kier alpha value is -0.650. The van der Waals surface area contributed by atoms with Crippen molar-refractivity contribution in [3.63, 3.8) is 0 Å². The van der Waals surface area contributed by atoms with E-state index < -0.39 is 0 Å². The van der Waals surface area contributed by atoms with Gasteiger partial charge in [0.15, 0.2) is 0 Å². The highest BCUT2D eigenvalue weighted by Crippen LogP contribution is 2.44. The molecule has 16 heavy (non-hydrogen) atoms. The van der Waals surface area contributed by atoms with Gasteiger partial charge in [-0.2, -0.15) is 0 Å². The molecule has 0 aromatic carbocycles. The molecule has 1 heterocycles. The van der Waals surface area contributed by atoms with Crippen molar-refractivity contribution in [2.45, 2.75) is 12.8 Å². The number of amides is 1. The quantitative estimate of drug-likeness (QED) is 0.647. The van der Waals surface area contributed by atoms with Crippen molar-refractivity contribution in [1.82, 2.24) is 10.2 Å². The highest BCUT2D eigenvalue weighted by Gasteiger charge is 2.41. The SMILES string of the molecule is O=C(CNCC1(CO)CC1)N1CCOCC1. The predicted octanol–water partition coefficient (Wildman–Crippen LogP) is -0.793. The second kappa shape index (κ2) is 5.12. The molecule has 1 amide bonds. The molecule has 1 aliphatic heterocycles. The van der Waals surface area contributed by atoms with E-state index in [1.54, 1.807) is 0 Å². The summed E-state index contributed by atoms with van der Waals surface area (Å²) in [6.07, 6.45) is 2.14. The number of carbonyl (C=O) groups is 1. The number of nitrogens with one attached hydrogen (secondary N) is 1. The number of nitrogens with zero attached hydrogens (tertiary/aromatic N) is 1. The van der Waals surface area contributed by atoms with Crippen molar-refractivity contribution < 1.29 is 14.6 Å². The van der Waals surface area contributed by atoms with Crippen LogP contribution in [0, 0.1) is 5.41 Å². The van der Waals surface area contributed by atoms with E-state index in [0.29, 0.717) is 32.8 Å². The average molecular weight is 228 g/mol. The summed E-state index contributed by atoms with van der Waals surface area (Å²) in [6, 6.07) is 0. The van der Waals surface area contributed by atoms with Crippen LogP contribution in [0.5, 0.6) is 0 Å². The van der Waals surface area contributed by atoms with Crippen molar-refractivity contribution in [2.75, 3.05) is 46.0 Å². The van der Waals surface area contributed by atoms with Gasteiger partial charge in [0, 0.05) is 31.7 Å².